The Bertz CT molecular complexity index is 537. The van der Waals surface area contributed by atoms with Gasteiger partial charge >= 0.3 is 0 Å². The quantitative estimate of drug-likeness (QED) is 0.398. The largest absolute Gasteiger partial charge is 0.385 e. The van der Waals surface area contributed by atoms with Crippen LogP contribution in [0.1, 0.15) is 18.2 Å². The molecule has 2 aromatic rings. The Morgan fingerprint density at radius 1 is 1.05 bits per heavy atom. The molecule has 1 aromatic carbocycles. The third kappa shape index (κ3) is 6.18. The Labute approximate surface area is 136 Å². The van der Waals surface area contributed by atoms with Gasteiger partial charge in [-0.25, -0.2) is 4.99 Å². The molecule has 0 bridgehead atoms. The minimum atomic E-state index is 0.731. The molecule has 0 radical (unpaired) electrons. The lowest BCUT2D eigenvalue weighted by molar-refractivity contribution is 0.766. The van der Waals surface area contributed by atoms with Gasteiger partial charge in [0.15, 0.2) is 5.96 Å². The summed E-state index contributed by atoms with van der Waals surface area (Å²) in [5.74, 6) is 0.885. The molecule has 0 saturated heterocycles. The van der Waals surface area contributed by atoms with Crippen LogP contribution in [0, 0.1) is 0 Å². The van der Waals surface area contributed by atoms with Gasteiger partial charge in [-0.15, -0.1) is 11.3 Å². The van der Waals surface area contributed by atoms with Gasteiger partial charge in [0.25, 0.3) is 0 Å². The van der Waals surface area contributed by atoms with Crippen LogP contribution in [0.2, 0.25) is 0 Å². The molecule has 0 aliphatic heterocycles. The van der Waals surface area contributed by atoms with Gasteiger partial charge in [-0.05, 0) is 36.9 Å². The molecule has 22 heavy (non-hydrogen) atoms. The minimum Gasteiger partial charge on any atom is -0.385 e. The first-order chi connectivity index (χ1) is 10.9. The summed E-state index contributed by atoms with van der Waals surface area (Å²) in [7, 11) is 0. The summed E-state index contributed by atoms with van der Waals surface area (Å²) in [5.41, 5.74) is 1.17. The highest BCUT2D eigenvalue weighted by Crippen LogP contribution is 2.09. The number of benzene rings is 1. The molecule has 0 saturated carbocycles. The van der Waals surface area contributed by atoms with Crippen LogP contribution in [-0.2, 0) is 6.54 Å². The van der Waals surface area contributed by atoms with Crippen molar-refractivity contribution in [3.63, 3.8) is 0 Å². The van der Waals surface area contributed by atoms with Crippen LogP contribution in [0.3, 0.4) is 0 Å². The lowest BCUT2D eigenvalue weighted by Gasteiger charge is -2.11. The number of guanidine groups is 1. The van der Waals surface area contributed by atoms with Crippen molar-refractivity contribution in [2.24, 2.45) is 4.99 Å². The first-order valence-electron chi connectivity index (χ1n) is 7.72. The van der Waals surface area contributed by atoms with E-state index in [-0.39, 0.29) is 0 Å². The molecule has 0 amide bonds. The second-order valence-corrected chi connectivity index (χ2v) is 5.88. The van der Waals surface area contributed by atoms with E-state index in [1.165, 1.54) is 10.6 Å². The zero-order chi connectivity index (χ0) is 15.5. The van der Waals surface area contributed by atoms with Crippen molar-refractivity contribution in [2.75, 3.05) is 25.0 Å². The third-order valence-electron chi connectivity index (χ3n) is 3.07. The van der Waals surface area contributed by atoms with Gasteiger partial charge in [0, 0.05) is 30.2 Å². The number of hydrogen-bond donors (Lipinski definition) is 3. The molecule has 118 valence electrons. The molecule has 5 heteroatoms. The lowest BCUT2D eigenvalue weighted by atomic mass is 10.3. The molecular weight excluding hydrogens is 292 g/mol. The number of nitrogens with one attached hydrogen (secondary N) is 3. The van der Waals surface area contributed by atoms with Crippen LogP contribution in [-0.4, -0.2) is 25.6 Å². The van der Waals surface area contributed by atoms with Gasteiger partial charge in [0.1, 0.15) is 0 Å². The molecule has 0 atom stereocenters. The van der Waals surface area contributed by atoms with Crippen molar-refractivity contribution >= 4 is 23.0 Å². The van der Waals surface area contributed by atoms with E-state index in [1.54, 1.807) is 11.3 Å². The summed E-state index contributed by atoms with van der Waals surface area (Å²) in [6.45, 7) is 5.53. The molecule has 1 aromatic heterocycles. The van der Waals surface area contributed by atoms with Crippen LogP contribution in [0.5, 0.6) is 0 Å². The first kappa shape index (κ1) is 16.4. The van der Waals surface area contributed by atoms with Crippen LogP contribution in [0.4, 0.5) is 5.69 Å². The minimum absolute atomic E-state index is 0.731. The summed E-state index contributed by atoms with van der Waals surface area (Å²) < 4.78 is 0. The molecule has 4 nitrogen and oxygen atoms in total. The second kappa shape index (κ2) is 9.84. The smallest absolute Gasteiger partial charge is 0.191 e. The molecule has 0 fully saturated rings. The van der Waals surface area contributed by atoms with Crippen molar-refractivity contribution in [2.45, 2.75) is 19.9 Å². The van der Waals surface area contributed by atoms with Crippen LogP contribution < -0.4 is 16.0 Å². The predicted molar refractivity (Wildman–Crippen MR) is 96.7 cm³/mol. The van der Waals surface area contributed by atoms with Crippen molar-refractivity contribution in [1.82, 2.24) is 10.6 Å². The fourth-order valence-electron chi connectivity index (χ4n) is 1.99. The Kier molecular flexibility index (Phi) is 7.32. The van der Waals surface area contributed by atoms with Crippen LogP contribution >= 0.6 is 11.3 Å². The average Bonchev–Trinajstić information content (AvgIpc) is 3.06. The maximum Gasteiger partial charge on any atom is 0.191 e. The van der Waals surface area contributed by atoms with E-state index in [9.17, 15) is 0 Å². The summed E-state index contributed by atoms with van der Waals surface area (Å²) >= 11 is 1.74. The number of nitrogens with zero attached hydrogens (tertiary/aromatic N) is 1. The maximum absolute atomic E-state index is 4.60. The maximum atomic E-state index is 4.60. The van der Waals surface area contributed by atoms with Crippen molar-refractivity contribution in [1.29, 1.82) is 0 Å². The monoisotopic (exact) mass is 316 g/mol. The molecule has 0 aliphatic carbocycles. The number of hydrogen-bond acceptors (Lipinski definition) is 3. The fraction of sp³-hybridized carbons (Fsp3) is 0.353. The Balaban J connectivity index is 1.66. The zero-order valence-corrected chi connectivity index (χ0v) is 13.8. The first-order valence-corrected chi connectivity index (χ1v) is 8.60. The summed E-state index contributed by atoms with van der Waals surface area (Å²) in [6.07, 6.45) is 1.04. The highest BCUT2D eigenvalue weighted by molar-refractivity contribution is 7.09. The molecular formula is C17H24N4S. The van der Waals surface area contributed by atoms with E-state index in [2.05, 4.69) is 57.5 Å². The molecule has 1 heterocycles. The van der Waals surface area contributed by atoms with Crippen molar-refractivity contribution in [3.05, 3.63) is 52.7 Å². The molecule has 0 spiro atoms. The number of rotatable bonds is 8. The van der Waals surface area contributed by atoms with E-state index >= 15 is 0 Å². The predicted octanol–water partition coefficient (Wildman–Crippen LogP) is 3.31. The SMILES string of the molecule is CCNC(=NCc1cccs1)NCCCNc1ccccc1. The van der Waals surface area contributed by atoms with Gasteiger partial charge in [-0.1, -0.05) is 24.3 Å². The molecule has 3 N–H and O–H groups in total. The molecule has 0 aliphatic rings. The topological polar surface area (TPSA) is 48.5 Å². The number of aliphatic imine (C=N–C) groups is 1. The normalized spacial score (nSPS) is 11.2. The Hall–Kier alpha value is -2.01. The number of anilines is 1. The number of thiophene rings is 1. The lowest BCUT2D eigenvalue weighted by Crippen LogP contribution is -2.38. The van der Waals surface area contributed by atoms with E-state index in [1.807, 2.05) is 18.2 Å². The average molecular weight is 316 g/mol. The Morgan fingerprint density at radius 3 is 2.64 bits per heavy atom. The van der Waals surface area contributed by atoms with E-state index in [0.717, 1.165) is 38.6 Å². The van der Waals surface area contributed by atoms with Crippen LogP contribution in [0.15, 0.2) is 52.8 Å². The van der Waals surface area contributed by atoms with Gasteiger partial charge < -0.3 is 16.0 Å². The van der Waals surface area contributed by atoms with Crippen LogP contribution in [0.25, 0.3) is 0 Å². The van der Waals surface area contributed by atoms with E-state index < -0.39 is 0 Å². The van der Waals surface area contributed by atoms with E-state index in [4.69, 9.17) is 0 Å². The highest BCUT2D eigenvalue weighted by Gasteiger charge is 1.98. The van der Waals surface area contributed by atoms with Crippen molar-refractivity contribution < 1.29 is 0 Å². The summed E-state index contributed by atoms with van der Waals surface area (Å²) in [4.78, 5) is 5.88. The van der Waals surface area contributed by atoms with Crippen molar-refractivity contribution in [3.8, 4) is 0 Å². The summed E-state index contributed by atoms with van der Waals surface area (Å²) in [5, 5.41) is 12.1. The molecule has 0 unspecified atom stereocenters. The number of para-hydroxylation sites is 1. The third-order valence-corrected chi connectivity index (χ3v) is 3.93. The second-order valence-electron chi connectivity index (χ2n) is 4.85. The Morgan fingerprint density at radius 2 is 1.91 bits per heavy atom. The van der Waals surface area contributed by atoms with Gasteiger partial charge in [-0.2, -0.15) is 0 Å². The van der Waals surface area contributed by atoms with Gasteiger partial charge in [0.05, 0.1) is 6.54 Å². The van der Waals surface area contributed by atoms with Gasteiger partial charge in [0.2, 0.25) is 0 Å². The standard InChI is InChI=1S/C17H24N4S/c1-2-18-17(21-14-16-10-6-13-22-16)20-12-7-11-19-15-8-4-3-5-9-15/h3-6,8-10,13,19H,2,7,11-12,14H2,1H3,(H2,18,20,21). The molecule has 2 rings (SSSR count). The fourth-order valence-corrected chi connectivity index (χ4v) is 2.61. The highest BCUT2D eigenvalue weighted by atomic mass is 32.1. The zero-order valence-electron chi connectivity index (χ0n) is 13.0. The summed E-state index contributed by atoms with van der Waals surface area (Å²) in [6, 6.07) is 14.5. The van der Waals surface area contributed by atoms with Gasteiger partial charge in [-0.3, -0.25) is 0 Å². The van der Waals surface area contributed by atoms with E-state index in [0.29, 0.717) is 0 Å².